The molecular weight excluding hydrogens is 495 g/mol. The lowest BCUT2D eigenvalue weighted by Gasteiger charge is -2.51. The molecule has 0 saturated carbocycles. The number of rotatable bonds is 4. The summed E-state index contributed by atoms with van der Waals surface area (Å²) in [5, 5.41) is 1.84. The quantitative estimate of drug-likeness (QED) is 0.272. The zero-order chi connectivity index (χ0) is 21.3. The van der Waals surface area contributed by atoms with Gasteiger partial charge in [-0.05, 0) is 77.0 Å². The largest absolute Gasteiger partial charge is 0.243 e. The summed E-state index contributed by atoms with van der Waals surface area (Å²) >= 11 is 2.31. The second-order valence-electron chi connectivity index (χ2n) is 7.55. The fourth-order valence-electron chi connectivity index (χ4n) is 3.82. The van der Waals surface area contributed by atoms with E-state index >= 15 is 0 Å². The van der Waals surface area contributed by atoms with Crippen LogP contribution in [0, 0.1) is 10.5 Å². The van der Waals surface area contributed by atoms with E-state index in [0.29, 0.717) is 0 Å². The van der Waals surface area contributed by atoms with Crippen LogP contribution in [0.3, 0.4) is 0 Å². The summed E-state index contributed by atoms with van der Waals surface area (Å²) in [6.07, 6.45) is 0. The van der Waals surface area contributed by atoms with Gasteiger partial charge in [-0.25, -0.2) is 14.9 Å². The van der Waals surface area contributed by atoms with Crippen LogP contribution in [0.2, 0.25) is 0 Å². The Morgan fingerprint density at radius 1 is 0.710 bits per heavy atom. The summed E-state index contributed by atoms with van der Waals surface area (Å²) in [7, 11) is 0. The maximum Gasteiger partial charge on any atom is 0.206 e. The Labute approximate surface area is 196 Å². The third kappa shape index (κ3) is 3.66. The lowest BCUT2D eigenvalue weighted by molar-refractivity contribution is -0.0223. The summed E-state index contributed by atoms with van der Waals surface area (Å²) in [5.74, 6) is 0.843. The van der Waals surface area contributed by atoms with Gasteiger partial charge in [0.25, 0.3) is 0 Å². The van der Waals surface area contributed by atoms with E-state index in [9.17, 15) is 0 Å². The number of hydrogen-bond acceptors (Lipinski definition) is 2. The van der Waals surface area contributed by atoms with Gasteiger partial charge < -0.3 is 0 Å². The Balaban J connectivity index is 1.71. The van der Waals surface area contributed by atoms with E-state index in [2.05, 4.69) is 90.2 Å². The van der Waals surface area contributed by atoms with Crippen molar-refractivity contribution < 1.29 is 4.84 Å². The first kappa shape index (κ1) is 20.0. The highest BCUT2D eigenvalue weighted by atomic mass is 127. The van der Waals surface area contributed by atoms with Crippen molar-refractivity contribution in [1.29, 1.82) is 0 Å². The van der Waals surface area contributed by atoms with Gasteiger partial charge in [-0.1, -0.05) is 78.4 Å². The number of hydrogen-bond donors (Lipinski definition) is 0. The Kier molecular flexibility index (Phi) is 5.34. The van der Waals surface area contributed by atoms with Crippen LogP contribution in [0.4, 0.5) is 11.4 Å². The molecule has 4 heteroatoms. The van der Waals surface area contributed by atoms with Gasteiger partial charge in [-0.2, -0.15) is 0 Å². The van der Waals surface area contributed by atoms with Crippen molar-refractivity contribution in [3.05, 3.63) is 129 Å². The minimum absolute atomic E-state index is 0.781. The average molecular weight is 516 g/mol. The van der Waals surface area contributed by atoms with E-state index in [1.807, 2.05) is 53.6 Å². The number of halogens is 1. The highest BCUT2D eigenvalue weighted by molar-refractivity contribution is 14.1. The molecule has 0 unspecified atom stereocenters. The first-order valence-electron chi connectivity index (χ1n) is 10.2. The van der Waals surface area contributed by atoms with Crippen LogP contribution in [-0.4, -0.2) is 5.84 Å². The van der Waals surface area contributed by atoms with Crippen LogP contribution in [0.15, 0.2) is 114 Å². The topological polar surface area (TPSA) is 24.8 Å². The summed E-state index contributed by atoms with van der Waals surface area (Å²) in [5.41, 5.74) is 4.38. The monoisotopic (exact) mass is 516 g/mol. The van der Waals surface area contributed by atoms with Crippen LogP contribution in [-0.2, 0) is 10.4 Å². The van der Waals surface area contributed by atoms with Gasteiger partial charge in [0.05, 0.1) is 11.4 Å². The lowest BCUT2D eigenvalue weighted by atomic mass is 9.82. The van der Waals surface area contributed by atoms with E-state index in [1.54, 1.807) is 0 Å². The first-order valence-corrected chi connectivity index (χ1v) is 11.3. The molecule has 4 aromatic rings. The summed E-state index contributed by atoms with van der Waals surface area (Å²) in [4.78, 5) is 11.7. The molecule has 0 N–H and O–H groups in total. The Hall–Kier alpha value is -2.96. The van der Waals surface area contributed by atoms with Crippen LogP contribution in [0.1, 0.15) is 16.7 Å². The van der Waals surface area contributed by atoms with Crippen molar-refractivity contribution in [2.75, 3.05) is 5.06 Å². The van der Waals surface area contributed by atoms with Crippen LogP contribution < -0.4 is 5.06 Å². The highest BCUT2D eigenvalue weighted by Gasteiger charge is 2.55. The van der Waals surface area contributed by atoms with Crippen LogP contribution >= 0.6 is 22.6 Å². The van der Waals surface area contributed by atoms with Gasteiger partial charge >= 0.3 is 0 Å². The Bertz CT molecular complexity index is 1160. The minimum atomic E-state index is -0.781. The lowest BCUT2D eigenvalue weighted by Crippen LogP contribution is -2.63. The number of anilines is 1. The fourth-order valence-corrected chi connectivity index (χ4v) is 4.18. The van der Waals surface area contributed by atoms with E-state index in [4.69, 9.17) is 9.83 Å². The number of aryl methyl sites for hydroxylation is 1. The average Bonchev–Trinajstić information content (AvgIpc) is 2.81. The highest BCUT2D eigenvalue weighted by Crippen LogP contribution is 2.47. The molecule has 0 bridgehead atoms. The number of nitrogens with zero attached hydrogens (tertiary/aromatic N) is 2. The molecule has 0 aromatic heterocycles. The predicted molar refractivity (Wildman–Crippen MR) is 135 cm³/mol. The zero-order valence-corrected chi connectivity index (χ0v) is 19.2. The molecule has 0 atom stereocenters. The molecule has 1 saturated heterocycles. The molecule has 31 heavy (non-hydrogen) atoms. The number of aliphatic imine (C=N–C) groups is 1. The van der Waals surface area contributed by atoms with Gasteiger partial charge in [-0.15, -0.1) is 0 Å². The number of hydroxylamine groups is 1. The summed E-state index contributed by atoms with van der Waals surface area (Å²) in [6, 6.07) is 37.2. The van der Waals surface area contributed by atoms with Crippen molar-refractivity contribution in [2.45, 2.75) is 12.5 Å². The molecule has 152 valence electrons. The van der Waals surface area contributed by atoms with Crippen LogP contribution in [0.25, 0.3) is 0 Å². The van der Waals surface area contributed by atoms with E-state index in [1.165, 1.54) is 9.13 Å². The van der Waals surface area contributed by atoms with Gasteiger partial charge in [0.2, 0.25) is 5.60 Å². The van der Waals surface area contributed by atoms with Crippen molar-refractivity contribution in [1.82, 2.24) is 0 Å². The van der Waals surface area contributed by atoms with Crippen molar-refractivity contribution in [3.8, 4) is 0 Å². The molecule has 0 amide bonds. The van der Waals surface area contributed by atoms with E-state index in [-0.39, 0.29) is 0 Å². The molecule has 1 heterocycles. The third-order valence-electron chi connectivity index (χ3n) is 5.43. The van der Waals surface area contributed by atoms with Crippen molar-refractivity contribution in [3.63, 3.8) is 0 Å². The maximum absolute atomic E-state index is 6.63. The molecule has 0 radical (unpaired) electrons. The number of amidine groups is 1. The minimum Gasteiger partial charge on any atom is -0.243 e. The SMILES string of the molecule is Cc1ccc(N=C2N(c3ccc(I)cc3)OC2(c2ccccc2)c2ccccc2)cc1. The maximum atomic E-state index is 6.63. The fraction of sp³-hybridized carbons (Fsp3) is 0.0741. The van der Waals surface area contributed by atoms with Crippen molar-refractivity contribution >= 4 is 39.8 Å². The standard InChI is InChI=1S/C27H21IN2O/c1-20-12-16-24(17-13-20)29-26-27(21-8-4-2-5-9-21,22-10-6-3-7-11-22)31-30(26)25-18-14-23(28)15-19-25/h2-19H,1H3. The third-order valence-corrected chi connectivity index (χ3v) is 6.15. The summed E-state index contributed by atoms with van der Waals surface area (Å²) in [6.45, 7) is 2.08. The van der Waals surface area contributed by atoms with Gasteiger partial charge in [0.1, 0.15) is 0 Å². The molecular formula is C27H21IN2O. The molecule has 0 aliphatic carbocycles. The molecule has 1 aliphatic heterocycles. The molecule has 1 fully saturated rings. The molecule has 4 aromatic carbocycles. The van der Waals surface area contributed by atoms with Gasteiger partial charge in [-0.3, -0.25) is 0 Å². The van der Waals surface area contributed by atoms with Crippen LogP contribution in [0.5, 0.6) is 0 Å². The van der Waals surface area contributed by atoms with E-state index in [0.717, 1.165) is 28.3 Å². The smallest absolute Gasteiger partial charge is 0.206 e. The second kappa shape index (κ2) is 8.29. The zero-order valence-electron chi connectivity index (χ0n) is 17.1. The molecule has 5 rings (SSSR count). The second-order valence-corrected chi connectivity index (χ2v) is 8.79. The molecule has 0 spiro atoms. The normalized spacial score (nSPS) is 16.2. The molecule has 1 aliphatic rings. The van der Waals surface area contributed by atoms with Crippen molar-refractivity contribution in [2.24, 2.45) is 4.99 Å². The van der Waals surface area contributed by atoms with Gasteiger partial charge in [0, 0.05) is 3.57 Å². The van der Waals surface area contributed by atoms with Gasteiger partial charge in [0.15, 0.2) is 5.84 Å². The Morgan fingerprint density at radius 3 is 1.81 bits per heavy atom. The predicted octanol–water partition coefficient (Wildman–Crippen LogP) is 7.03. The Morgan fingerprint density at radius 2 is 1.26 bits per heavy atom. The number of benzene rings is 4. The summed E-state index contributed by atoms with van der Waals surface area (Å²) < 4.78 is 1.18. The molecule has 3 nitrogen and oxygen atoms in total. The first-order chi connectivity index (χ1) is 15.2. The van der Waals surface area contributed by atoms with E-state index < -0.39 is 5.60 Å².